The molecule has 7 rings (SSSR count). The van der Waals surface area contributed by atoms with E-state index in [0.717, 1.165) is 11.4 Å². The molecule has 0 saturated carbocycles. The molecule has 4 nitrogen and oxygen atoms in total. The van der Waals surface area contributed by atoms with E-state index in [1.54, 1.807) is 0 Å². The quantitative estimate of drug-likeness (QED) is 0.273. The molecular formula is C31H25N4+. The molecule has 35 heavy (non-hydrogen) atoms. The lowest BCUT2D eigenvalue weighted by Gasteiger charge is -2.09. The number of aromatic nitrogens is 4. The number of para-hydroxylation sites is 4. The lowest BCUT2D eigenvalue weighted by Crippen LogP contribution is -2.34. The highest BCUT2D eigenvalue weighted by Gasteiger charge is 2.24. The average molecular weight is 454 g/mol. The van der Waals surface area contributed by atoms with Crippen LogP contribution in [0.15, 0.2) is 97.3 Å². The van der Waals surface area contributed by atoms with Gasteiger partial charge in [-0.05, 0) is 24.3 Å². The molecule has 0 unspecified atom stereocenters. The van der Waals surface area contributed by atoms with Crippen LogP contribution in [-0.4, -0.2) is 14.1 Å². The van der Waals surface area contributed by atoms with Crippen LogP contribution in [0.2, 0.25) is 0 Å². The van der Waals surface area contributed by atoms with Crippen molar-refractivity contribution in [1.82, 2.24) is 14.1 Å². The summed E-state index contributed by atoms with van der Waals surface area (Å²) in [6, 6.07) is 30.4. The molecule has 7 aromatic rings. The van der Waals surface area contributed by atoms with Crippen molar-refractivity contribution in [3.63, 3.8) is 0 Å². The second kappa shape index (κ2) is 7.28. The third-order valence-corrected chi connectivity index (χ3v) is 7.52. The summed E-state index contributed by atoms with van der Waals surface area (Å²) in [5.41, 5.74) is 9.48. The van der Waals surface area contributed by atoms with Gasteiger partial charge in [-0.1, -0.05) is 60.7 Å². The van der Waals surface area contributed by atoms with Crippen molar-refractivity contribution < 1.29 is 4.57 Å². The predicted octanol–water partition coefficient (Wildman–Crippen LogP) is 6.53. The number of nitrogens with zero attached hydrogens (tertiary/aromatic N) is 4. The van der Waals surface area contributed by atoms with Gasteiger partial charge in [-0.3, -0.25) is 4.98 Å². The molecule has 0 aliphatic carbocycles. The summed E-state index contributed by atoms with van der Waals surface area (Å²) in [7, 11) is 6.46. The Hall–Kier alpha value is -4.44. The molecule has 0 bridgehead atoms. The van der Waals surface area contributed by atoms with Crippen molar-refractivity contribution in [2.24, 2.45) is 21.1 Å². The van der Waals surface area contributed by atoms with Gasteiger partial charge in [0.05, 0.1) is 34.6 Å². The Kier molecular flexibility index (Phi) is 4.15. The highest BCUT2D eigenvalue weighted by atomic mass is 15.0. The van der Waals surface area contributed by atoms with Crippen LogP contribution in [0.4, 0.5) is 0 Å². The summed E-state index contributed by atoms with van der Waals surface area (Å²) in [4.78, 5) is 4.74. The molecule has 3 heterocycles. The zero-order valence-corrected chi connectivity index (χ0v) is 20.0. The minimum atomic E-state index is 1.09. The van der Waals surface area contributed by atoms with Crippen LogP contribution in [-0.2, 0) is 21.1 Å². The van der Waals surface area contributed by atoms with Crippen LogP contribution in [0.25, 0.3) is 66.1 Å². The molecule has 0 N–H and O–H groups in total. The van der Waals surface area contributed by atoms with Crippen LogP contribution in [0.3, 0.4) is 0 Å². The van der Waals surface area contributed by atoms with Crippen molar-refractivity contribution in [1.29, 1.82) is 0 Å². The van der Waals surface area contributed by atoms with Gasteiger partial charge in [-0.25, -0.2) is 0 Å². The van der Waals surface area contributed by atoms with Gasteiger partial charge in [-0.15, -0.1) is 0 Å². The summed E-state index contributed by atoms with van der Waals surface area (Å²) in [6.07, 6.45) is 3.97. The zero-order valence-electron chi connectivity index (χ0n) is 20.0. The normalized spacial score (nSPS) is 11.9. The van der Waals surface area contributed by atoms with Gasteiger partial charge in [0.1, 0.15) is 7.05 Å². The minimum absolute atomic E-state index is 1.09. The van der Waals surface area contributed by atoms with Crippen molar-refractivity contribution in [3.8, 4) is 22.5 Å². The van der Waals surface area contributed by atoms with Gasteiger partial charge < -0.3 is 9.13 Å². The Bertz CT molecular complexity index is 1800. The molecular weight excluding hydrogens is 428 g/mol. The van der Waals surface area contributed by atoms with Crippen LogP contribution < -0.4 is 4.57 Å². The molecule has 0 atom stereocenters. The van der Waals surface area contributed by atoms with Gasteiger partial charge >= 0.3 is 0 Å². The fourth-order valence-electron chi connectivity index (χ4n) is 5.87. The van der Waals surface area contributed by atoms with E-state index in [4.69, 9.17) is 4.98 Å². The topological polar surface area (TPSA) is 26.6 Å². The first-order valence-electron chi connectivity index (χ1n) is 11.9. The van der Waals surface area contributed by atoms with E-state index in [-0.39, 0.29) is 0 Å². The maximum Gasteiger partial charge on any atom is 0.233 e. The van der Waals surface area contributed by atoms with E-state index >= 15 is 0 Å². The fourth-order valence-corrected chi connectivity index (χ4v) is 5.87. The van der Waals surface area contributed by atoms with Gasteiger partial charge in [0.2, 0.25) is 11.4 Å². The Morgan fingerprint density at radius 2 is 0.971 bits per heavy atom. The number of rotatable bonds is 2. The first-order valence-corrected chi connectivity index (χ1v) is 11.9. The third kappa shape index (κ3) is 2.68. The van der Waals surface area contributed by atoms with E-state index < -0.39 is 0 Å². The largest absolute Gasteiger partial charge is 0.343 e. The SMILES string of the molecule is Cn1c2ccccc2c2cccc(-c3cncc(-c4cccc5c6ccccc6n(C)c45)[n+]3C)c21. The lowest BCUT2D eigenvalue weighted by atomic mass is 10.0. The standard InChI is InChI=1S/C31H25N4/c1-33-28(24-14-8-12-22-20-10-4-6-16-26(20)34(2)30(22)24)18-32-19-29(33)25-15-9-13-23-21-11-5-7-17-27(21)35(3)31(23)25/h4-19H,1-3H3/q+1. The Labute approximate surface area is 203 Å². The lowest BCUT2D eigenvalue weighted by molar-refractivity contribution is -0.649. The smallest absolute Gasteiger partial charge is 0.233 e. The van der Waals surface area contributed by atoms with Crippen LogP contribution >= 0.6 is 0 Å². The molecule has 3 aromatic heterocycles. The summed E-state index contributed by atoms with van der Waals surface area (Å²) in [6.45, 7) is 0. The van der Waals surface area contributed by atoms with Crippen molar-refractivity contribution in [2.45, 2.75) is 0 Å². The number of aryl methyl sites for hydroxylation is 2. The van der Waals surface area contributed by atoms with Gasteiger partial charge in [-0.2, -0.15) is 4.57 Å². The third-order valence-electron chi connectivity index (χ3n) is 7.52. The maximum absolute atomic E-state index is 4.74. The maximum atomic E-state index is 4.74. The zero-order chi connectivity index (χ0) is 23.7. The van der Waals surface area contributed by atoms with Crippen LogP contribution in [0.1, 0.15) is 0 Å². The fraction of sp³-hybridized carbons (Fsp3) is 0.0968. The second-order valence-corrected chi connectivity index (χ2v) is 9.29. The molecule has 0 spiro atoms. The number of fused-ring (bicyclic) bond motifs is 6. The molecule has 0 aliphatic rings. The number of hydrogen-bond acceptors (Lipinski definition) is 1. The predicted molar refractivity (Wildman–Crippen MR) is 144 cm³/mol. The summed E-state index contributed by atoms with van der Waals surface area (Å²) < 4.78 is 6.89. The van der Waals surface area contributed by atoms with Gasteiger partial charge in [0, 0.05) is 46.7 Å². The monoisotopic (exact) mass is 453 g/mol. The summed E-state index contributed by atoms with van der Waals surface area (Å²) in [5.74, 6) is 0. The molecule has 0 fully saturated rings. The highest BCUT2D eigenvalue weighted by molar-refractivity contribution is 6.13. The molecule has 4 aromatic carbocycles. The second-order valence-electron chi connectivity index (χ2n) is 9.29. The Morgan fingerprint density at radius 3 is 1.46 bits per heavy atom. The molecule has 4 heteroatoms. The average Bonchev–Trinajstić information content (AvgIpc) is 3.36. The number of benzene rings is 4. The van der Waals surface area contributed by atoms with Crippen LogP contribution in [0, 0.1) is 0 Å². The van der Waals surface area contributed by atoms with Crippen molar-refractivity contribution in [3.05, 3.63) is 97.3 Å². The first kappa shape index (κ1) is 20.0. The molecule has 0 radical (unpaired) electrons. The van der Waals surface area contributed by atoms with Gasteiger partial charge in [0.25, 0.3) is 0 Å². The minimum Gasteiger partial charge on any atom is -0.343 e. The van der Waals surface area contributed by atoms with E-state index in [2.05, 4.69) is 120 Å². The first-order chi connectivity index (χ1) is 17.1. The molecule has 0 aliphatic heterocycles. The summed E-state index contributed by atoms with van der Waals surface area (Å²) >= 11 is 0. The molecule has 168 valence electrons. The van der Waals surface area contributed by atoms with Crippen molar-refractivity contribution in [2.75, 3.05) is 0 Å². The van der Waals surface area contributed by atoms with E-state index in [0.29, 0.717) is 0 Å². The highest BCUT2D eigenvalue weighted by Crippen LogP contribution is 2.36. The van der Waals surface area contributed by atoms with E-state index in [9.17, 15) is 0 Å². The van der Waals surface area contributed by atoms with E-state index in [1.807, 2.05) is 12.4 Å². The Balaban J connectivity index is 1.53. The Morgan fingerprint density at radius 1 is 0.543 bits per heavy atom. The van der Waals surface area contributed by atoms with E-state index in [1.165, 1.54) is 54.7 Å². The number of hydrogen-bond donors (Lipinski definition) is 0. The van der Waals surface area contributed by atoms with Gasteiger partial charge in [0.15, 0.2) is 0 Å². The van der Waals surface area contributed by atoms with Crippen LogP contribution in [0.5, 0.6) is 0 Å². The molecule has 0 amide bonds. The van der Waals surface area contributed by atoms with Crippen molar-refractivity contribution >= 4 is 43.6 Å². The summed E-state index contributed by atoms with van der Waals surface area (Å²) in [5, 5.41) is 5.08. The molecule has 0 saturated heterocycles.